The number of nitrogens with one attached hydrogen (secondary N) is 2. The van der Waals surface area contributed by atoms with Crippen molar-refractivity contribution in [1.82, 2.24) is 10.6 Å². The van der Waals surface area contributed by atoms with E-state index >= 15 is 0 Å². The molecule has 3 N–H and O–H groups in total. The van der Waals surface area contributed by atoms with Crippen LogP contribution >= 0.6 is 15.9 Å². The molecular weight excluding hydrogens is 272 g/mol. The third-order valence-corrected chi connectivity index (χ3v) is 3.32. The number of phenols is 1. The SMILES string of the molecule is COc1cc([C@@H]2CNCCN2)cc(Br)c1O. The molecule has 1 atom stereocenters. The Bertz CT molecular complexity index is 378. The van der Waals surface area contributed by atoms with Gasteiger partial charge in [0.1, 0.15) is 0 Å². The second kappa shape index (κ2) is 5.03. The monoisotopic (exact) mass is 286 g/mol. The zero-order valence-electron chi connectivity index (χ0n) is 9.09. The van der Waals surface area contributed by atoms with E-state index in [2.05, 4.69) is 26.6 Å². The summed E-state index contributed by atoms with van der Waals surface area (Å²) < 4.78 is 5.79. The Labute approximate surface area is 103 Å². The lowest BCUT2D eigenvalue weighted by molar-refractivity contribution is 0.368. The molecule has 1 saturated heterocycles. The molecule has 16 heavy (non-hydrogen) atoms. The number of hydrogen-bond donors (Lipinski definition) is 3. The lowest BCUT2D eigenvalue weighted by Gasteiger charge is -2.25. The van der Waals surface area contributed by atoms with Gasteiger partial charge in [0.25, 0.3) is 0 Å². The van der Waals surface area contributed by atoms with Gasteiger partial charge in [-0.15, -0.1) is 0 Å². The van der Waals surface area contributed by atoms with Gasteiger partial charge in [0.15, 0.2) is 11.5 Å². The van der Waals surface area contributed by atoms with Crippen LogP contribution in [0.4, 0.5) is 0 Å². The number of phenolic OH excluding ortho intramolecular Hbond substituents is 1. The number of rotatable bonds is 2. The molecule has 1 aliphatic rings. The Morgan fingerprint density at radius 2 is 2.25 bits per heavy atom. The summed E-state index contributed by atoms with van der Waals surface area (Å²) in [4.78, 5) is 0. The molecule has 1 aromatic carbocycles. The van der Waals surface area contributed by atoms with Crippen LogP contribution in [0.3, 0.4) is 0 Å². The quantitative estimate of drug-likeness (QED) is 0.769. The molecule has 88 valence electrons. The molecular formula is C11H15BrN2O2. The van der Waals surface area contributed by atoms with Crippen molar-refractivity contribution in [3.63, 3.8) is 0 Å². The Morgan fingerprint density at radius 1 is 1.44 bits per heavy atom. The van der Waals surface area contributed by atoms with Crippen molar-refractivity contribution in [2.24, 2.45) is 0 Å². The van der Waals surface area contributed by atoms with Crippen molar-refractivity contribution in [1.29, 1.82) is 0 Å². The van der Waals surface area contributed by atoms with Gasteiger partial charge >= 0.3 is 0 Å². The van der Waals surface area contributed by atoms with E-state index in [1.165, 1.54) is 0 Å². The molecule has 0 bridgehead atoms. The summed E-state index contributed by atoms with van der Waals surface area (Å²) in [6, 6.07) is 4.05. The van der Waals surface area contributed by atoms with Crippen molar-refractivity contribution in [3.8, 4) is 11.5 Å². The zero-order valence-corrected chi connectivity index (χ0v) is 10.7. The van der Waals surface area contributed by atoms with Crippen molar-refractivity contribution >= 4 is 15.9 Å². The first kappa shape index (κ1) is 11.7. The van der Waals surface area contributed by atoms with E-state index in [9.17, 15) is 5.11 Å². The van der Waals surface area contributed by atoms with Crippen molar-refractivity contribution in [2.75, 3.05) is 26.7 Å². The molecule has 0 spiro atoms. The van der Waals surface area contributed by atoms with Gasteiger partial charge < -0.3 is 20.5 Å². The minimum atomic E-state index is 0.148. The van der Waals surface area contributed by atoms with E-state index in [4.69, 9.17) is 4.74 Å². The molecule has 1 aromatic rings. The summed E-state index contributed by atoms with van der Waals surface area (Å²) in [5.41, 5.74) is 1.11. The van der Waals surface area contributed by atoms with Crippen LogP contribution in [-0.2, 0) is 0 Å². The fraction of sp³-hybridized carbons (Fsp3) is 0.455. The van der Waals surface area contributed by atoms with Crippen molar-refractivity contribution < 1.29 is 9.84 Å². The van der Waals surface area contributed by atoms with Crippen molar-refractivity contribution in [2.45, 2.75) is 6.04 Å². The molecule has 1 fully saturated rings. The Balaban J connectivity index is 2.29. The molecule has 0 aliphatic carbocycles. The highest BCUT2D eigenvalue weighted by Crippen LogP contribution is 2.36. The van der Waals surface area contributed by atoms with Crippen LogP contribution in [0.25, 0.3) is 0 Å². The maximum atomic E-state index is 9.71. The van der Waals surface area contributed by atoms with Crippen LogP contribution in [0.5, 0.6) is 11.5 Å². The number of methoxy groups -OCH3 is 1. The standard InChI is InChI=1S/C11H15BrN2O2/c1-16-10-5-7(4-8(12)11(10)15)9-6-13-2-3-14-9/h4-5,9,13-15H,2-3,6H2,1H3/t9-/m0/s1. The van der Waals surface area contributed by atoms with E-state index in [0.717, 1.165) is 25.2 Å². The minimum Gasteiger partial charge on any atom is -0.503 e. The molecule has 0 radical (unpaired) electrons. The second-order valence-corrected chi connectivity index (χ2v) is 4.62. The zero-order chi connectivity index (χ0) is 11.5. The summed E-state index contributed by atoms with van der Waals surface area (Å²) >= 11 is 3.33. The average molecular weight is 287 g/mol. The highest BCUT2D eigenvalue weighted by molar-refractivity contribution is 9.10. The average Bonchev–Trinajstić information content (AvgIpc) is 2.33. The topological polar surface area (TPSA) is 53.5 Å². The van der Waals surface area contributed by atoms with Crippen LogP contribution < -0.4 is 15.4 Å². The Morgan fingerprint density at radius 3 is 2.88 bits per heavy atom. The Hall–Kier alpha value is -0.780. The third-order valence-electron chi connectivity index (χ3n) is 2.71. The molecule has 0 aromatic heterocycles. The molecule has 0 saturated carbocycles. The highest BCUT2D eigenvalue weighted by Gasteiger charge is 2.17. The number of piperazine rings is 1. The van der Waals surface area contributed by atoms with Gasteiger partial charge in [0.05, 0.1) is 11.6 Å². The summed E-state index contributed by atoms with van der Waals surface area (Å²) in [6.45, 7) is 2.83. The predicted octanol–water partition coefficient (Wildman–Crippen LogP) is 1.40. The molecule has 0 amide bonds. The molecule has 1 aliphatic heterocycles. The van der Waals surface area contributed by atoms with Crippen LogP contribution in [-0.4, -0.2) is 31.9 Å². The number of aromatic hydroxyl groups is 1. The number of halogens is 1. The smallest absolute Gasteiger partial charge is 0.172 e. The lowest BCUT2D eigenvalue weighted by atomic mass is 10.0. The van der Waals surface area contributed by atoms with Crippen LogP contribution in [0, 0.1) is 0 Å². The summed E-state index contributed by atoms with van der Waals surface area (Å²) in [5, 5.41) is 16.4. The number of hydrogen-bond acceptors (Lipinski definition) is 4. The highest BCUT2D eigenvalue weighted by atomic mass is 79.9. The van der Waals surface area contributed by atoms with Crippen LogP contribution in [0.1, 0.15) is 11.6 Å². The van der Waals surface area contributed by atoms with Crippen LogP contribution in [0.15, 0.2) is 16.6 Å². The van der Waals surface area contributed by atoms with Gasteiger partial charge in [-0.25, -0.2) is 0 Å². The summed E-state index contributed by atoms with van der Waals surface area (Å²) in [5.74, 6) is 0.645. The predicted molar refractivity (Wildman–Crippen MR) is 66.0 cm³/mol. The van der Waals surface area contributed by atoms with Crippen LogP contribution in [0.2, 0.25) is 0 Å². The molecule has 0 unspecified atom stereocenters. The maximum absolute atomic E-state index is 9.71. The van der Waals surface area contributed by atoms with E-state index in [1.54, 1.807) is 7.11 Å². The fourth-order valence-electron chi connectivity index (χ4n) is 1.84. The summed E-state index contributed by atoms with van der Waals surface area (Å²) in [7, 11) is 1.55. The first-order valence-corrected chi connectivity index (χ1v) is 6.02. The molecule has 2 rings (SSSR count). The largest absolute Gasteiger partial charge is 0.503 e. The first-order chi connectivity index (χ1) is 7.72. The molecule has 1 heterocycles. The Kier molecular flexibility index (Phi) is 3.68. The maximum Gasteiger partial charge on any atom is 0.172 e. The summed E-state index contributed by atoms with van der Waals surface area (Å²) in [6.07, 6.45) is 0. The van der Waals surface area contributed by atoms with Gasteiger partial charge in [-0.05, 0) is 33.6 Å². The van der Waals surface area contributed by atoms with Gasteiger partial charge in [0.2, 0.25) is 0 Å². The molecule has 5 heteroatoms. The first-order valence-electron chi connectivity index (χ1n) is 5.23. The second-order valence-electron chi connectivity index (χ2n) is 3.76. The molecule has 4 nitrogen and oxygen atoms in total. The van der Waals surface area contributed by atoms with Crippen molar-refractivity contribution in [3.05, 3.63) is 22.2 Å². The van der Waals surface area contributed by atoms with E-state index in [0.29, 0.717) is 10.2 Å². The van der Waals surface area contributed by atoms with Gasteiger partial charge in [-0.1, -0.05) is 0 Å². The fourth-order valence-corrected chi connectivity index (χ4v) is 2.30. The van der Waals surface area contributed by atoms with E-state index < -0.39 is 0 Å². The number of benzene rings is 1. The van der Waals surface area contributed by atoms with Gasteiger partial charge in [-0.3, -0.25) is 0 Å². The number of ether oxygens (including phenoxy) is 1. The third kappa shape index (κ3) is 2.31. The lowest BCUT2D eigenvalue weighted by Crippen LogP contribution is -2.42. The van der Waals surface area contributed by atoms with E-state index in [1.807, 2.05) is 12.1 Å². The van der Waals surface area contributed by atoms with E-state index in [-0.39, 0.29) is 11.8 Å². The van der Waals surface area contributed by atoms with Gasteiger partial charge in [0, 0.05) is 25.7 Å². The normalized spacial score (nSPS) is 20.8. The van der Waals surface area contributed by atoms with Gasteiger partial charge in [-0.2, -0.15) is 0 Å². The minimum absolute atomic E-state index is 0.148.